The summed E-state index contributed by atoms with van der Waals surface area (Å²) in [5.74, 6) is 0.00279. The van der Waals surface area contributed by atoms with E-state index in [-0.39, 0.29) is 11.9 Å². The van der Waals surface area contributed by atoms with Gasteiger partial charge in [0.1, 0.15) is 5.00 Å². The second-order valence-corrected chi connectivity index (χ2v) is 8.29. The number of benzene rings is 1. The summed E-state index contributed by atoms with van der Waals surface area (Å²) >= 11 is 1.56. The maximum Gasteiger partial charge on any atom is 0.253 e. The Hall–Kier alpha value is -2.22. The molecule has 1 N–H and O–H groups in total. The highest BCUT2D eigenvalue weighted by atomic mass is 32.1. The Labute approximate surface area is 161 Å². The molecule has 2 aromatic heterocycles. The highest BCUT2D eigenvalue weighted by Crippen LogP contribution is 2.29. The number of para-hydroxylation sites is 1. The average molecular weight is 382 g/mol. The number of hydrogen-bond donors (Lipinski definition) is 1. The van der Waals surface area contributed by atoms with Crippen LogP contribution < -0.4 is 5.32 Å². The third-order valence-electron chi connectivity index (χ3n) is 5.83. The topological polar surface area (TPSA) is 59.4 Å². The first-order valence-corrected chi connectivity index (χ1v) is 10.2. The SMILES string of the molecule is CN1[C@@H]2COC[C@H]1CC(NC(=O)c1cn(-c3cncs3)c3ccccc13)C2. The number of carbonyl (C=O) groups excluding carboxylic acids is 1. The number of fused-ring (bicyclic) bond motifs is 3. The van der Waals surface area contributed by atoms with Crippen molar-refractivity contribution in [2.45, 2.75) is 31.0 Å². The van der Waals surface area contributed by atoms with Crippen LogP contribution in [-0.2, 0) is 4.74 Å². The molecule has 3 aromatic rings. The minimum Gasteiger partial charge on any atom is -0.378 e. The van der Waals surface area contributed by atoms with Crippen molar-refractivity contribution in [2.75, 3.05) is 20.3 Å². The van der Waals surface area contributed by atoms with Gasteiger partial charge in [0.05, 0.1) is 36.0 Å². The fraction of sp³-hybridized carbons (Fsp3) is 0.400. The monoisotopic (exact) mass is 382 g/mol. The number of aromatic nitrogens is 2. The molecule has 1 amide bonds. The van der Waals surface area contributed by atoms with Gasteiger partial charge in [0, 0.05) is 29.7 Å². The molecule has 0 saturated carbocycles. The zero-order valence-corrected chi connectivity index (χ0v) is 16.0. The molecule has 1 unspecified atom stereocenters. The lowest BCUT2D eigenvalue weighted by Crippen LogP contribution is -2.59. The van der Waals surface area contributed by atoms with Crippen molar-refractivity contribution in [3.63, 3.8) is 0 Å². The number of piperidine rings is 1. The van der Waals surface area contributed by atoms with Gasteiger partial charge < -0.3 is 14.6 Å². The van der Waals surface area contributed by atoms with Crippen LogP contribution in [0.25, 0.3) is 15.9 Å². The summed E-state index contributed by atoms with van der Waals surface area (Å²) in [5, 5.41) is 5.27. The molecule has 0 spiro atoms. The molecule has 0 radical (unpaired) electrons. The van der Waals surface area contributed by atoms with Gasteiger partial charge in [-0.2, -0.15) is 0 Å². The van der Waals surface area contributed by atoms with Gasteiger partial charge in [-0.25, -0.2) is 0 Å². The van der Waals surface area contributed by atoms with E-state index in [0.717, 1.165) is 47.5 Å². The van der Waals surface area contributed by atoms with Crippen molar-refractivity contribution in [3.05, 3.63) is 47.7 Å². The molecule has 0 aliphatic carbocycles. The van der Waals surface area contributed by atoms with Crippen molar-refractivity contribution >= 4 is 28.1 Å². The molecule has 1 aromatic carbocycles. The van der Waals surface area contributed by atoms with E-state index >= 15 is 0 Å². The lowest BCUT2D eigenvalue weighted by atomic mass is 9.90. The van der Waals surface area contributed by atoms with Crippen molar-refractivity contribution < 1.29 is 9.53 Å². The molecule has 5 rings (SSSR count). The van der Waals surface area contributed by atoms with Crippen molar-refractivity contribution in [3.8, 4) is 5.00 Å². The Morgan fingerprint density at radius 2 is 2.04 bits per heavy atom. The molecule has 27 heavy (non-hydrogen) atoms. The summed E-state index contributed by atoms with van der Waals surface area (Å²) in [5.41, 5.74) is 3.56. The third-order valence-corrected chi connectivity index (χ3v) is 6.60. The van der Waals surface area contributed by atoms with Gasteiger partial charge in [-0.3, -0.25) is 14.7 Å². The second-order valence-electron chi connectivity index (χ2n) is 7.42. The quantitative estimate of drug-likeness (QED) is 0.757. The van der Waals surface area contributed by atoms with Crippen LogP contribution in [0.5, 0.6) is 0 Å². The van der Waals surface area contributed by atoms with E-state index in [4.69, 9.17) is 4.74 Å². The van der Waals surface area contributed by atoms with Gasteiger partial charge in [0.25, 0.3) is 5.91 Å². The third kappa shape index (κ3) is 2.96. The van der Waals surface area contributed by atoms with Crippen LogP contribution in [0.4, 0.5) is 0 Å². The summed E-state index contributed by atoms with van der Waals surface area (Å²) in [6, 6.07) is 9.01. The minimum atomic E-state index is 0.00279. The molecule has 6 nitrogen and oxygen atoms in total. The summed E-state index contributed by atoms with van der Waals surface area (Å²) in [6.07, 6.45) is 5.64. The number of rotatable bonds is 3. The van der Waals surface area contributed by atoms with Gasteiger partial charge in [-0.15, -0.1) is 11.3 Å². The Morgan fingerprint density at radius 3 is 2.78 bits per heavy atom. The van der Waals surface area contributed by atoms with Crippen LogP contribution in [-0.4, -0.2) is 58.7 Å². The first-order chi connectivity index (χ1) is 13.2. The second kappa shape index (κ2) is 6.74. The van der Waals surface area contributed by atoms with E-state index in [1.54, 1.807) is 11.3 Å². The molecule has 7 heteroatoms. The molecular formula is C20H22N4O2S. The fourth-order valence-corrected chi connectivity index (χ4v) is 4.96. The maximum atomic E-state index is 13.1. The smallest absolute Gasteiger partial charge is 0.253 e. The van der Waals surface area contributed by atoms with Gasteiger partial charge in [0.15, 0.2) is 0 Å². The van der Waals surface area contributed by atoms with Gasteiger partial charge in [-0.1, -0.05) is 18.2 Å². The normalized spacial score (nSPS) is 25.6. The largest absolute Gasteiger partial charge is 0.378 e. The number of amides is 1. The number of nitrogens with one attached hydrogen (secondary N) is 1. The number of ether oxygens (including phenoxy) is 1. The lowest BCUT2D eigenvalue weighted by Gasteiger charge is -2.46. The molecule has 2 aliphatic heterocycles. The molecule has 2 fully saturated rings. The Bertz CT molecular complexity index is 954. The van der Waals surface area contributed by atoms with E-state index in [9.17, 15) is 4.79 Å². The Kier molecular flexibility index (Phi) is 4.22. The van der Waals surface area contributed by atoms with Crippen molar-refractivity contribution in [1.29, 1.82) is 0 Å². The molecule has 4 heterocycles. The van der Waals surface area contributed by atoms with E-state index in [2.05, 4.69) is 26.8 Å². The number of morpholine rings is 1. The van der Waals surface area contributed by atoms with Gasteiger partial charge in [-0.05, 0) is 26.0 Å². The number of carbonyl (C=O) groups is 1. The van der Waals surface area contributed by atoms with E-state index in [1.165, 1.54) is 0 Å². The minimum absolute atomic E-state index is 0.00279. The average Bonchev–Trinajstić information content (AvgIpc) is 3.30. The molecule has 3 atom stereocenters. The fourth-order valence-electron chi connectivity index (χ4n) is 4.35. The molecule has 2 bridgehead atoms. The van der Waals surface area contributed by atoms with Crippen molar-refractivity contribution in [1.82, 2.24) is 19.8 Å². The van der Waals surface area contributed by atoms with Crippen LogP contribution in [0.1, 0.15) is 23.2 Å². The van der Waals surface area contributed by atoms with Crippen LogP contribution >= 0.6 is 11.3 Å². The Morgan fingerprint density at radius 1 is 1.26 bits per heavy atom. The highest BCUT2D eigenvalue weighted by molar-refractivity contribution is 7.12. The van der Waals surface area contributed by atoms with Crippen LogP contribution in [0.2, 0.25) is 0 Å². The summed E-state index contributed by atoms with van der Waals surface area (Å²) < 4.78 is 7.74. The molecule has 140 valence electrons. The van der Waals surface area contributed by atoms with E-state index in [0.29, 0.717) is 12.1 Å². The van der Waals surface area contributed by atoms with Crippen LogP contribution in [0.3, 0.4) is 0 Å². The van der Waals surface area contributed by atoms with Gasteiger partial charge >= 0.3 is 0 Å². The summed E-state index contributed by atoms with van der Waals surface area (Å²) in [6.45, 7) is 1.51. The Balaban J connectivity index is 1.43. The first-order valence-electron chi connectivity index (χ1n) is 9.30. The predicted octanol–water partition coefficient (Wildman–Crippen LogP) is 2.68. The lowest BCUT2D eigenvalue weighted by molar-refractivity contribution is -0.0670. The van der Waals surface area contributed by atoms with Crippen LogP contribution in [0, 0.1) is 0 Å². The van der Waals surface area contributed by atoms with Gasteiger partial charge in [0.2, 0.25) is 0 Å². The molecule has 2 aliphatic rings. The van der Waals surface area contributed by atoms with Crippen LogP contribution in [0.15, 0.2) is 42.2 Å². The first kappa shape index (κ1) is 16.9. The maximum absolute atomic E-state index is 13.1. The molecular weight excluding hydrogens is 360 g/mol. The number of nitrogens with zero attached hydrogens (tertiary/aromatic N) is 3. The highest BCUT2D eigenvalue weighted by Gasteiger charge is 2.37. The number of hydrogen-bond acceptors (Lipinski definition) is 5. The van der Waals surface area contributed by atoms with Crippen molar-refractivity contribution in [2.24, 2.45) is 0 Å². The zero-order valence-electron chi connectivity index (χ0n) is 15.2. The molecule has 2 saturated heterocycles. The standard InChI is InChI=1S/C20H22N4O2S/c1-23-14-6-13(7-15(23)11-26-10-14)22-20(25)17-9-24(19-8-21-12-27-19)18-5-3-2-4-16(17)18/h2-5,8-9,12-15H,6-7,10-11H2,1H3,(H,22,25)/t13?,14-,15+. The van der Waals surface area contributed by atoms with E-state index < -0.39 is 0 Å². The summed E-state index contributed by atoms with van der Waals surface area (Å²) in [7, 11) is 2.17. The summed E-state index contributed by atoms with van der Waals surface area (Å²) in [4.78, 5) is 19.7. The van der Waals surface area contributed by atoms with E-state index in [1.807, 2.05) is 42.2 Å². The zero-order chi connectivity index (χ0) is 18.4. The predicted molar refractivity (Wildman–Crippen MR) is 106 cm³/mol. The number of thiazole rings is 1. The number of likely N-dealkylation sites (N-methyl/N-ethyl adjacent to an activating group) is 1.